The quantitative estimate of drug-likeness (QED) is 0.759. The molecule has 0 aromatic carbocycles. The number of rotatable bonds is 5. The molecule has 0 N–H and O–H groups in total. The minimum atomic E-state index is 0.00102. The number of allylic oxidation sites excluding steroid dienone is 2. The Morgan fingerprint density at radius 3 is 3.12 bits per heavy atom. The number of hydrogen-bond acceptors (Lipinski definition) is 3. The van der Waals surface area contributed by atoms with Gasteiger partial charge in [0.05, 0.1) is 24.4 Å². The normalized spacial score (nSPS) is 15.1. The zero-order valence-corrected chi connectivity index (χ0v) is 10.5. The average molecular weight is 255 g/mol. The number of aromatic nitrogens is 2. The molecule has 0 saturated carbocycles. The van der Waals surface area contributed by atoms with Crippen LogP contribution in [0.25, 0.3) is 0 Å². The van der Waals surface area contributed by atoms with Crippen molar-refractivity contribution in [1.29, 1.82) is 0 Å². The minimum Gasteiger partial charge on any atom is -0.383 e. The molecule has 0 saturated heterocycles. The zero-order valence-electron chi connectivity index (χ0n) is 9.78. The molecule has 1 aliphatic carbocycles. The lowest BCUT2D eigenvalue weighted by atomic mass is 10.1. The highest BCUT2D eigenvalue weighted by atomic mass is 35.5. The molecule has 0 amide bonds. The first-order valence-electron chi connectivity index (χ1n) is 5.68. The second kappa shape index (κ2) is 5.47. The first-order valence-corrected chi connectivity index (χ1v) is 6.06. The number of Topliss-reactive ketones (excluding diaryl/α,β-unsaturated/α-hetero) is 1. The highest BCUT2D eigenvalue weighted by molar-refractivity contribution is 6.34. The predicted molar refractivity (Wildman–Crippen MR) is 65.4 cm³/mol. The number of methoxy groups -OCH3 is 1. The summed E-state index contributed by atoms with van der Waals surface area (Å²) >= 11 is 6.02. The molecule has 0 spiro atoms. The van der Waals surface area contributed by atoms with Crippen molar-refractivity contribution >= 4 is 17.4 Å². The van der Waals surface area contributed by atoms with Crippen LogP contribution in [0.5, 0.6) is 0 Å². The number of ether oxygens (including phenoxy) is 1. The summed E-state index contributed by atoms with van der Waals surface area (Å²) < 4.78 is 6.60. The van der Waals surface area contributed by atoms with Gasteiger partial charge in [-0.3, -0.25) is 9.48 Å². The van der Waals surface area contributed by atoms with E-state index in [1.165, 1.54) is 6.20 Å². The molecular weight excluding hydrogens is 240 g/mol. The van der Waals surface area contributed by atoms with E-state index in [-0.39, 0.29) is 5.78 Å². The van der Waals surface area contributed by atoms with Gasteiger partial charge in [-0.2, -0.15) is 5.10 Å². The van der Waals surface area contributed by atoms with Gasteiger partial charge < -0.3 is 4.74 Å². The monoisotopic (exact) mass is 254 g/mol. The van der Waals surface area contributed by atoms with Gasteiger partial charge in [0.2, 0.25) is 5.78 Å². The highest BCUT2D eigenvalue weighted by Crippen LogP contribution is 2.25. The summed E-state index contributed by atoms with van der Waals surface area (Å²) in [6, 6.07) is 0. The van der Waals surface area contributed by atoms with Gasteiger partial charge in [-0.1, -0.05) is 17.7 Å². The maximum absolute atomic E-state index is 12.3. The molecule has 1 aromatic heterocycles. The van der Waals surface area contributed by atoms with Crippen molar-refractivity contribution in [2.75, 3.05) is 13.7 Å². The average Bonchev–Trinajstić information content (AvgIpc) is 2.95. The van der Waals surface area contributed by atoms with Gasteiger partial charge in [0.1, 0.15) is 5.69 Å². The molecule has 1 heterocycles. The molecule has 1 aliphatic rings. The summed E-state index contributed by atoms with van der Waals surface area (Å²) in [6.45, 7) is 1.05. The molecule has 1 aromatic rings. The Morgan fingerprint density at radius 2 is 2.47 bits per heavy atom. The van der Waals surface area contributed by atoms with E-state index in [9.17, 15) is 4.79 Å². The van der Waals surface area contributed by atoms with Crippen molar-refractivity contribution in [3.63, 3.8) is 0 Å². The predicted octanol–water partition coefficient (Wildman–Crippen LogP) is 2.48. The Labute approximate surface area is 105 Å². The van der Waals surface area contributed by atoms with Crippen molar-refractivity contribution < 1.29 is 9.53 Å². The molecule has 0 bridgehead atoms. The number of nitrogens with zero attached hydrogens (tertiary/aromatic N) is 2. The van der Waals surface area contributed by atoms with Crippen LogP contribution in [-0.4, -0.2) is 29.3 Å². The Morgan fingerprint density at radius 1 is 1.65 bits per heavy atom. The summed E-state index contributed by atoms with van der Waals surface area (Å²) in [6.07, 6.45) is 6.37. The van der Waals surface area contributed by atoms with Gasteiger partial charge in [0, 0.05) is 7.11 Å². The van der Waals surface area contributed by atoms with Gasteiger partial charge >= 0.3 is 0 Å². The van der Waals surface area contributed by atoms with E-state index < -0.39 is 0 Å². The van der Waals surface area contributed by atoms with E-state index in [0.717, 1.165) is 24.8 Å². The fourth-order valence-electron chi connectivity index (χ4n) is 1.96. The lowest BCUT2D eigenvalue weighted by Gasteiger charge is -2.07. The van der Waals surface area contributed by atoms with E-state index in [4.69, 9.17) is 16.3 Å². The zero-order chi connectivity index (χ0) is 12.3. The highest BCUT2D eigenvalue weighted by Gasteiger charge is 2.22. The Kier molecular flexibility index (Phi) is 3.97. The van der Waals surface area contributed by atoms with E-state index >= 15 is 0 Å². The van der Waals surface area contributed by atoms with Crippen LogP contribution >= 0.6 is 11.6 Å². The first kappa shape index (κ1) is 12.3. The lowest BCUT2D eigenvalue weighted by Crippen LogP contribution is -2.15. The first-order chi connectivity index (χ1) is 8.24. The smallest absolute Gasteiger partial charge is 0.208 e. The number of ketones is 1. The van der Waals surface area contributed by atoms with E-state index in [2.05, 4.69) is 5.10 Å². The Hall–Kier alpha value is -1.13. The van der Waals surface area contributed by atoms with Crippen LogP contribution < -0.4 is 0 Å². The van der Waals surface area contributed by atoms with E-state index in [1.54, 1.807) is 11.8 Å². The Bertz CT molecular complexity index is 451. The molecule has 0 fully saturated rings. The van der Waals surface area contributed by atoms with Crippen molar-refractivity contribution in [3.8, 4) is 0 Å². The van der Waals surface area contributed by atoms with Gasteiger partial charge in [-0.15, -0.1) is 0 Å². The van der Waals surface area contributed by atoms with Crippen molar-refractivity contribution in [2.24, 2.45) is 0 Å². The van der Waals surface area contributed by atoms with Crippen LogP contribution in [0.15, 0.2) is 17.8 Å². The molecule has 0 atom stereocenters. The summed E-state index contributed by atoms with van der Waals surface area (Å²) in [7, 11) is 1.62. The van der Waals surface area contributed by atoms with Crippen LogP contribution in [0.4, 0.5) is 0 Å². The number of carbonyl (C=O) groups is 1. The summed E-state index contributed by atoms with van der Waals surface area (Å²) in [4.78, 5) is 12.3. The molecule has 17 heavy (non-hydrogen) atoms. The Balaban J connectivity index is 2.23. The van der Waals surface area contributed by atoms with Gasteiger partial charge in [-0.05, 0) is 24.8 Å². The topological polar surface area (TPSA) is 44.1 Å². The maximum Gasteiger partial charge on any atom is 0.208 e. The van der Waals surface area contributed by atoms with Crippen LogP contribution in [0.3, 0.4) is 0 Å². The number of hydrogen-bond donors (Lipinski definition) is 0. The SMILES string of the molecule is COCCn1ncc(Cl)c1C(=O)C1=CCCC1. The number of halogens is 1. The molecule has 2 rings (SSSR count). The van der Waals surface area contributed by atoms with Crippen LogP contribution in [0, 0.1) is 0 Å². The fourth-order valence-corrected chi connectivity index (χ4v) is 2.19. The molecule has 0 unspecified atom stereocenters. The van der Waals surface area contributed by atoms with Crippen molar-refractivity contribution in [3.05, 3.63) is 28.6 Å². The lowest BCUT2D eigenvalue weighted by molar-refractivity contribution is 0.101. The molecule has 5 heteroatoms. The van der Waals surface area contributed by atoms with E-state index in [0.29, 0.717) is 23.9 Å². The summed E-state index contributed by atoms with van der Waals surface area (Å²) in [5.41, 5.74) is 1.34. The maximum atomic E-state index is 12.3. The third-order valence-corrected chi connectivity index (χ3v) is 3.13. The second-order valence-corrected chi connectivity index (χ2v) is 4.41. The molecule has 0 radical (unpaired) electrons. The molecular formula is C12H15ClN2O2. The van der Waals surface area contributed by atoms with Gasteiger partial charge in [0.15, 0.2) is 0 Å². The van der Waals surface area contributed by atoms with Gasteiger partial charge in [-0.25, -0.2) is 0 Å². The van der Waals surface area contributed by atoms with Crippen molar-refractivity contribution in [2.45, 2.75) is 25.8 Å². The summed E-state index contributed by atoms with van der Waals surface area (Å²) in [5.74, 6) is 0.00102. The van der Waals surface area contributed by atoms with Gasteiger partial charge in [0.25, 0.3) is 0 Å². The third-order valence-electron chi connectivity index (χ3n) is 2.85. The minimum absolute atomic E-state index is 0.00102. The second-order valence-electron chi connectivity index (χ2n) is 4.01. The molecule has 0 aliphatic heterocycles. The van der Waals surface area contributed by atoms with Crippen LogP contribution in [0.2, 0.25) is 5.02 Å². The van der Waals surface area contributed by atoms with E-state index in [1.807, 2.05) is 6.08 Å². The third kappa shape index (κ3) is 2.58. The molecule has 92 valence electrons. The molecule has 4 nitrogen and oxygen atoms in total. The van der Waals surface area contributed by atoms with Crippen LogP contribution in [-0.2, 0) is 11.3 Å². The largest absolute Gasteiger partial charge is 0.383 e. The standard InChI is InChI=1S/C12H15ClN2O2/c1-17-7-6-15-11(10(13)8-14-15)12(16)9-4-2-3-5-9/h4,8H,2-3,5-7H2,1H3. The van der Waals surface area contributed by atoms with Crippen LogP contribution in [0.1, 0.15) is 29.8 Å². The fraction of sp³-hybridized carbons (Fsp3) is 0.500. The summed E-state index contributed by atoms with van der Waals surface area (Å²) in [5, 5.41) is 4.52. The number of carbonyl (C=O) groups excluding carboxylic acids is 1. The van der Waals surface area contributed by atoms with Crippen molar-refractivity contribution in [1.82, 2.24) is 9.78 Å².